The zero-order valence-electron chi connectivity index (χ0n) is 17.2. The number of nitrogens with zero attached hydrogens (tertiary/aromatic N) is 2. The minimum atomic E-state index is -3.63. The normalized spacial score (nSPS) is 15.2. The summed E-state index contributed by atoms with van der Waals surface area (Å²) in [6, 6.07) is 17.5. The van der Waals surface area contributed by atoms with E-state index in [1.807, 2.05) is 30.3 Å². The number of nitrogens with one attached hydrogen (secondary N) is 1. The van der Waals surface area contributed by atoms with Gasteiger partial charge in [-0.05, 0) is 47.5 Å². The van der Waals surface area contributed by atoms with Crippen molar-refractivity contribution in [1.82, 2.24) is 9.21 Å². The maximum Gasteiger partial charge on any atom is 0.243 e. The molecule has 8 heteroatoms. The van der Waals surface area contributed by atoms with Crippen LogP contribution in [0.1, 0.15) is 5.56 Å². The molecule has 1 amide bonds. The average Bonchev–Trinajstić information content (AvgIpc) is 2.79. The number of benzene rings is 3. The van der Waals surface area contributed by atoms with Gasteiger partial charge in [-0.2, -0.15) is 4.31 Å². The van der Waals surface area contributed by atoms with Crippen molar-refractivity contribution < 1.29 is 17.6 Å². The molecule has 162 valence electrons. The molecule has 3 aromatic carbocycles. The van der Waals surface area contributed by atoms with Gasteiger partial charge < -0.3 is 10.2 Å². The molecule has 6 nitrogen and oxygen atoms in total. The van der Waals surface area contributed by atoms with Gasteiger partial charge in [0.25, 0.3) is 0 Å². The molecule has 1 aliphatic rings. The number of fused-ring (bicyclic) bond motifs is 1. The van der Waals surface area contributed by atoms with Crippen LogP contribution in [0.25, 0.3) is 10.8 Å². The molecule has 0 aromatic heterocycles. The van der Waals surface area contributed by atoms with E-state index >= 15 is 0 Å². The van der Waals surface area contributed by atoms with E-state index in [0.29, 0.717) is 24.3 Å². The number of carbonyl (C=O) groups excluding carboxylic acids is 1. The molecule has 1 fully saturated rings. The zero-order chi connectivity index (χ0) is 22.0. The van der Waals surface area contributed by atoms with Gasteiger partial charge in [-0.1, -0.05) is 36.4 Å². The van der Waals surface area contributed by atoms with Crippen LogP contribution >= 0.6 is 0 Å². The lowest BCUT2D eigenvalue weighted by molar-refractivity contribution is -0.130. The first-order valence-corrected chi connectivity index (χ1v) is 11.6. The minimum Gasteiger partial charge on any atom is -0.376 e. The SMILES string of the molecule is Cc1ccc(NCC(=O)N2CCN(S(=O)(=O)c3ccc4ccccc4c3)CC2)cc1F. The summed E-state index contributed by atoms with van der Waals surface area (Å²) >= 11 is 0. The van der Waals surface area contributed by atoms with Crippen molar-refractivity contribution in [2.75, 3.05) is 38.0 Å². The van der Waals surface area contributed by atoms with E-state index < -0.39 is 10.0 Å². The third-order valence-corrected chi connectivity index (χ3v) is 7.46. The number of hydrogen-bond acceptors (Lipinski definition) is 4. The van der Waals surface area contributed by atoms with Gasteiger partial charge in [0.1, 0.15) is 5.82 Å². The Labute approximate surface area is 181 Å². The third kappa shape index (κ3) is 4.55. The van der Waals surface area contributed by atoms with Crippen molar-refractivity contribution in [1.29, 1.82) is 0 Å². The molecule has 3 aromatic rings. The van der Waals surface area contributed by atoms with Crippen LogP contribution in [0, 0.1) is 12.7 Å². The number of rotatable bonds is 5. The second kappa shape index (κ2) is 8.64. The van der Waals surface area contributed by atoms with Crippen LogP contribution in [0.5, 0.6) is 0 Å². The number of carbonyl (C=O) groups is 1. The van der Waals surface area contributed by atoms with Gasteiger partial charge in [0, 0.05) is 31.9 Å². The second-order valence-electron chi connectivity index (χ2n) is 7.61. The van der Waals surface area contributed by atoms with Crippen LogP contribution < -0.4 is 5.32 Å². The molecule has 0 radical (unpaired) electrons. The lowest BCUT2D eigenvalue weighted by Gasteiger charge is -2.34. The van der Waals surface area contributed by atoms with Crippen molar-refractivity contribution in [3.63, 3.8) is 0 Å². The minimum absolute atomic E-state index is 0.0277. The summed E-state index contributed by atoms with van der Waals surface area (Å²) < 4.78 is 41.2. The Hall–Kier alpha value is -2.97. The summed E-state index contributed by atoms with van der Waals surface area (Å²) in [5.74, 6) is -0.478. The first-order chi connectivity index (χ1) is 14.8. The zero-order valence-corrected chi connectivity index (χ0v) is 18.0. The molecule has 1 heterocycles. The van der Waals surface area contributed by atoms with Crippen molar-refractivity contribution in [2.24, 2.45) is 0 Å². The molecule has 0 spiro atoms. The molecule has 1 aliphatic heterocycles. The predicted octanol–water partition coefficient (Wildman–Crippen LogP) is 3.23. The topological polar surface area (TPSA) is 69.7 Å². The molecular weight excluding hydrogens is 417 g/mol. The summed E-state index contributed by atoms with van der Waals surface area (Å²) in [4.78, 5) is 14.4. The molecule has 0 aliphatic carbocycles. The highest BCUT2D eigenvalue weighted by Crippen LogP contribution is 2.23. The molecule has 1 N–H and O–H groups in total. The maximum absolute atomic E-state index is 13.6. The van der Waals surface area contributed by atoms with Gasteiger partial charge >= 0.3 is 0 Å². The van der Waals surface area contributed by atoms with E-state index in [9.17, 15) is 17.6 Å². The van der Waals surface area contributed by atoms with E-state index in [-0.39, 0.29) is 36.3 Å². The third-order valence-electron chi connectivity index (χ3n) is 5.57. The molecule has 0 saturated carbocycles. The summed E-state index contributed by atoms with van der Waals surface area (Å²) in [7, 11) is -3.63. The number of aryl methyl sites for hydroxylation is 1. The van der Waals surface area contributed by atoms with Crippen LogP contribution in [-0.2, 0) is 14.8 Å². The first-order valence-electron chi connectivity index (χ1n) is 10.1. The highest BCUT2D eigenvalue weighted by Gasteiger charge is 2.30. The van der Waals surface area contributed by atoms with E-state index in [2.05, 4.69) is 5.32 Å². The lowest BCUT2D eigenvalue weighted by Crippen LogP contribution is -2.51. The van der Waals surface area contributed by atoms with Gasteiger partial charge in [0.05, 0.1) is 11.4 Å². The Morgan fingerprint density at radius 2 is 1.68 bits per heavy atom. The summed E-state index contributed by atoms with van der Waals surface area (Å²) in [5, 5.41) is 4.79. The fourth-order valence-corrected chi connectivity index (χ4v) is 5.11. The molecule has 1 saturated heterocycles. The Kier molecular flexibility index (Phi) is 5.93. The Bertz CT molecular complexity index is 1220. The smallest absolute Gasteiger partial charge is 0.243 e. The molecule has 4 rings (SSSR count). The van der Waals surface area contributed by atoms with Crippen molar-refractivity contribution in [2.45, 2.75) is 11.8 Å². The van der Waals surface area contributed by atoms with Crippen molar-refractivity contribution in [3.05, 3.63) is 72.0 Å². The predicted molar refractivity (Wildman–Crippen MR) is 119 cm³/mol. The average molecular weight is 442 g/mol. The van der Waals surface area contributed by atoms with Crippen LogP contribution in [0.15, 0.2) is 65.6 Å². The van der Waals surface area contributed by atoms with E-state index in [4.69, 9.17) is 0 Å². The molecule has 0 unspecified atom stereocenters. The fraction of sp³-hybridized carbons (Fsp3) is 0.261. The quantitative estimate of drug-likeness (QED) is 0.660. The number of halogens is 1. The fourth-order valence-electron chi connectivity index (χ4n) is 3.65. The Balaban J connectivity index is 1.36. The lowest BCUT2D eigenvalue weighted by atomic mass is 10.1. The standard InChI is InChI=1S/C23H24FN3O3S/c1-17-6-8-20(15-22(17)24)25-16-23(28)26-10-12-27(13-11-26)31(29,30)21-9-7-18-4-2-3-5-19(18)14-21/h2-9,14-15,25H,10-13,16H2,1H3. The van der Waals surface area contributed by atoms with Gasteiger partial charge in [-0.15, -0.1) is 0 Å². The Morgan fingerprint density at radius 3 is 2.39 bits per heavy atom. The highest BCUT2D eigenvalue weighted by molar-refractivity contribution is 7.89. The van der Waals surface area contributed by atoms with E-state index in [1.165, 1.54) is 10.4 Å². The number of hydrogen-bond donors (Lipinski definition) is 1. The number of piperazine rings is 1. The number of amides is 1. The molecular formula is C23H24FN3O3S. The summed E-state index contributed by atoms with van der Waals surface area (Å²) in [5.41, 5.74) is 1.08. The summed E-state index contributed by atoms with van der Waals surface area (Å²) in [6.07, 6.45) is 0. The molecule has 31 heavy (non-hydrogen) atoms. The number of anilines is 1. The highest BCUT2D eigenvalue weighted by atomic mass is 32.2. The van der Waals surface area contributed by atoms with Crippen LogP contribution in [-0.4, -0.2) is 56.3 Å². The first kappa shape index (κ1) is 21.3. The van der Waals surface area contributed by atoms with E-state index in [0.717, 1.165) is 10.8 Å². The molecule has 0 atom stereocenters. The summed E-state index contributed by atoms with van der Waals surface area (Å²) in [6.45, 7) is 2.81. The van der Waals surface area contributed by atoms with E-state index in [1.54, 1.807) is 36.1 Å². The van der Waals surface area contributed by atoms with Crippen LogP contribution in [0.4, 0.5) is 10.1 Å². The van der Waals surface area contributed by atoms with Crippen LogP contribution in [0.3, 0.4) is 0 Å². The van der Waals surface area contributed by atoms with Gasteiger partial charge in [-0.25, -0.2) is 12.8 Å². The molecule has 0 bridgehead atoms. The number of sulfonamides is 1. The van der Waals surface area contributed by atoms with Crippen molar-refractivity contribution in [3.8, 4) is 0 Å². The van der Waals surface area contributed by atoms with Gasteiger partial charge in [0.2, 0.25) is 15.9 Å². The monoisotopic (exact) mass is 441 g/mol. The van der Waals surface area contributed by atoms with Crippen LogP contribution in [0.2, 0.25) is 0 Å². The maximum atomic E-state index is 13.6. The largest absolute Gasteiger partial charge is 0.376 e. The van der Waals surface area contributed by atoms with Crippen molar-refractivity contribution >= 4 is 32.4 Å². The van der Waals surface area contributed by atoms with Gasteiger partial charge in [-0.3, -0.25) is 4.79 Å². The van der Waals surface area contributed by atoms with Gasteiger partial charge in [0.15, 0.2) is 0 Å². The Morgan fingerprint density at radius 1 is 0.968 bits per heavy atom. The second-order valence-corrected chi connectivity index (χ2v) is 9.55.